The summed E-state index contributed by atoms with van der Waals surface area (Å²) >= 11 is 7.50. The van der Waals surface area contributed by atoms with Crippen molar-refractivity contribution in [2.75, 3.05) is 36.8 Å². The van der Waals surface area contributed by atoms with Gasteiger partial charge in [0.2, 0.25) is 5.91 Å². The highest BCUT2D eigenvalue weighted by molar-refractivity contribution is 8.00. The van der Waals surface area contributed by atoms with E-state index < -0.39 is 11.7 Å². The number of halogens is 4. The quantitative estimate of drug-likeness (QED) is 0.692. The van der Waals surface area contributed by atoms with E-state index in [-0.39, 0.29) is 27.6 Å². The van der Waals surface area contributed by atoms with E-state index in [1.54, 1.807) is 9.80 Å². The number of piperazine rings is 1. The number of nitrogens with one attached hydrogen (secondary N) is 1. The molecule has 0 aliphatic carbocycles. The van der Waals surface area contributed by atoms with Crippen molar-refractivity contribution in [3.05, 3.63) is 51.3 Å². The number of pyridine rings is 1. The number of hydrogen-bond acceptors (Lipinski definition) is 6. The zero-order valence-electron chi connectivity index (χ0n) is 16.7. The molecule has 0 bridgehead atoms. The van der Waals surface area contributed by atoms with Crippen molar-refractivity contribution < 1.29 is 18.0 Å². The number of anilines is 1. The third-order valence-electron chi connectivity index (χ3n) is 4.80. The lowest BCUT2D eigenvalue weighted by molar-refractivity contribution is -0.137. The second-order valence-electron chi connectivity index (χ2n) is 7.12. The van der Waals surface area contributed by atoms with Crippen LogP contribution in [0.25, 0.3) is 0 Å². The Balaban J connectivity index is 1.48. The van der Waals surface area contributed by atoms with Crippen LogP contribution in [0.5, 0.6) is 0 Å². The molecule has 31 heavy (non-hydrogen) atoms. The monoisotopic (exact) mass is 475 g/mol. The summed E-state index contributed by atoms with van der Waals surface area (Å²) in [6.45, 7) is 3.70. The summed E-state index contributed by atoms with van der Waals surface area (Å²) in [7, 11) is 0. The normalized spacial score (nSPS) is 15.8. The summed E-state index contributed by atoms with van der Waals surface area (Å²) in [4.78, 5) is 37.8. The molecule has 0 aromatic carbocycles. The average Bonchev–Trinajstić information content (AvgIpc) is 2.71. The molecule has 1 unspecified atom stereocenters. The van der Waals surface area contributed by atoms with Crippen LogP contribution in [0.3, 0.4) is 0 Å². The Morgan fingerprint density at radius 1 is 1.26 bits per heavy atom. The molecule has 1 amide bonds. The minimum Gasteiger partial charge on any atom is -0.352 e. The second kappa shape index (κ2) is 9.90. The van der Waals surface area contributed by atoms with Crippen molar-refractivity contribution in [2.45, 2.75) is 24.8 Å². The molecule has 1 N–H and O–H groups in total. The van der Waals surface area contributed by atoms with E-state index in [1.807, 2.05) is 6.92 Å². The lowest BCUT2D eigenvalue weighted by Gasteiger charge is -2.36. The van der Waals surface area contributed by atoms with Gasteiger partial charge in [-0.05, 0) is 6.07 Å². The first-order valence-corrected chi connectivity index (χ1v) is 11.0. The fraction of sp³-hybridized carbons (Fsp3) is 0.474. The number of nitrogens with zero attached hydrogens (tertiary/aromatic N) is 4. The minimum atomic E-state index is -4.50. The molecular formula is C19H21ClF3N5O2S. The maximum Gasteiger partial charge on any atom is 0.417 e. The Bertz CT molecular complexity index is 980. The van der Waals surface area contributed by atoms with Gasteiger partial charge in [-0.25, -0.2) is 9.97 Å². The van der Waals surface area contributed by atoms with E-state index in [0.29, 0.717) is 44.0 Å². The van der Waals surface area contributed by atoms with Gasteiger partial charge in [-0.15, -0.1) is 11.8 Å². The van der Waals surface area contributed by atoms with E-state index in [9.17, 15) is 22.8 Å². The molecule has 1 aliphatic heterocycles. The Kier molecular flexibility index (Phi) is 7.47. The molecule has 7 nitrogen and oxygen atoms in total. The number of hydrogen-bond donors (Lipinski definition) is 1. The molecular weight excluding hydrogens is 455 g/mol. The highest BCUT2D eigenvalue weighted by atomic mass is 35.5. The number of carbonyl (C=O) groups excluding carboxylic acids is 1. The summed E-state index contributed by atoms with van der Waals surface area (Å²) in [5.41, 5.74) is -0.430. The first-order chi connectivity index (χ1) is 14.6. The first-order valence-electron chi connectivity index (χ1n) is 9.54. The summed E-state index contributed by atoms with van der Waals surface area (Å²) in [5, 5.41) is 0.0435. The van der Waals surface area contributed by atoms with Gasteiger partial charge in [0, 0.05) is 55.8 Å². The zero-order chi connectivity index (χ0) is 22.6. The predicted octanol–water partition coefficient (Wildman–Crippen LogP) is 2.85. The summed E-state index contributed by atoms with van der Waals surface area (Å²) in [6.07, 6.45) is -1.79. The third-order valence-corrected chi connectivity index (χ3v) is 6.23. The van der Waals surface area contributed by atoms with Crippen molar-refractivity contribution in [1.29, 1.82) is 0 Å². The van der Waals surface area contributed by atoms with Gasteiger partial charge in [0.1, 0.15) is 5.82 Å². The molecule has 1 atom stereocenters. The van der Waals surface area contributed by atoms with E-state index in [4.69, 9.17) is 11.6 Å². The molecule has 1 fully saturated rings. The summed E-state index contributed by atoms with van der Waals surface area (Å²) in [6, 6.07) is 2.31. The van der Waals surface area contributed by atoms with Crippen molar-refractivity contribution >= 4 is 35.1 Å². The van der Waals surface area contributed by atoms with Crippen LogP contribution in [-0.2, 0) is 17.4 Å². The predicted molar refractivity (Wildman–Crippen MR) is 114 cm³/mol. The molecule has 0 saturated carbocycles. The maximum absolute atomic E-state index is 12.8. The third kappa shape index (κ3) is 6.36. The van der Waals surface area contributed by atoms with E-state index in [2.05, 4.69) is 15.0 Å². The molecule has 168 valence electrons. The van der Waals surface area contributed by atoms with Crippen LogP contribution in [0.2, 0.25) is 5.02 Å². The van der Waals surface area contributed by atoms with Crippen LogP contribution >= 0.6 is 23.4 Å². The largest absolute Gasteiger partial charge is 0.417 e. The smallest absolute Gasteiger partial charge is 0.352 e. The lowest BCUT2D eigenvalue weighted by atomic mass is 10.2. The van der Waals surface area contributed by atoms with Crippen LogP contribution in [0.1, 0.15) is 18.2 Å². The number of rotatable bonds is 6. The number of carbonyl (C=O) groups is 1. The Morgan fingerprint density at radius 3 is 2.58 bits per heavy atom. The van der Waals surface area contributed by atoms with Gasteiger partial charge in [-0.3, -0.25) is 9.59 Å². The van der Waals surface area contributed by atoms with Crippen molar-refractivity contribution in [3.63, 3.8) is 0 Å². The van der Waals surface area contributed by atoms with Gasteiger partial charge in [0.25, 0.3) is 5.56 Å². The Hall–Kier alpha value is -2.27. The van der Waals surface area contributed by atoms with Gasteiger partial charge < -0.3 is 14.8 Å². The van der Waals surface area contributed by atoms with Gasteiger partial charge in [-0.2, -0.15) is 13.2 Å². The number of aromatic amines is 1. The van der Waals surface area contributed by atoms with Crippen LogP contribution in [0.15, 0.2) is 29.5 Å². The Labute approximate surface area is 186 Å². The fourth-order valence-electron chi connectivity index (χ4n) is 3.17. The number of alkyl halides is 3. The van der Waals surface area contributed by atoms with Gasteiger partial charge in [-0.1, -0.05) is 18.5 Å². The number of aromatic nitrogens is 3. The maximum atomic E-state index is 12.8. The second-order valence-corrected chi connectivity index (χ2v) is 8.96. The molecule has 12 heteroatoms. The minimum absolute atomic E-state index is 0.0122. The fourth-order valence-corrected chi connectivity index (χ4v) is 4.35. The average molecular weight is 476 g/mol. The molecule has 0 spiro atoms. The molecule has 2 aromatic rings. The molecule has 2 aromatic heterocycles. The molecule has 3 heterocycles. The molecule has 3 rings (SSSR count). The van der Waals surface area contributed by atoms with Gasteiger partial charge in [0.05, 0.1) is 22.7 Å². The Morgan fingerprint density at radius 2 is 1.97 bits per heavy atom. The topological polar surface area (TPSA) is 82.2 Å². The number of amides is 1. The van der Waals surface area contributed by atoms with Crippen LogP contribution in [0, 0.1) is 0 Å². The van der Waals surface area contributed by atoms with E-state index in [0.717, 1.165) is 12.3 Å². The number of H-pyrrole nitrogens is 1. The van der Waals surface area contributed by atoms with E-state index >= 15 is 0 Å². The van der Waals surface area contributed by atoms with Crippen LogP contribution in [-0.4, -0.2) is 62.9 Å². The summed E-state index contributed by atoms with van der Waals surface area (Å²) < 4.78 is 38.3. The lowest BCUT2D eigenvalue weighted by Crippen LogP contribution is -2.49. The van der Waals surface area contributed by atoms with Crippen LogP contribution in [0.4, 0.5) is 19.0 Å². The molecule has 1 aliphatic rings. The van der Waals surface area contributed by atoms with E-state index in [1.165, 1.54) is 24.2 Å². The van der Waals surface area contributed by atoms with Crippen molar-refractivity contribution in [1.82, 2.24) is 19.9 Å². The molecule has 1 saturated heterocycles. The van der Waals surface area contributed by atoms with Crippen molar-refractivity contribution in [3.8, 4) is 0 Å². The van der Waals surface area contributed by atoms with Gasteiger partial charge >= 0.3 is 6.18 Å². The number of thioether (sulfide) groups is 1. The molecule has 0 radical (unpaired) electrons. The summed E-state index contributed by atoms with van der Waals surface area (Å²) in [5.74, 6) is 0.570. The SMILES string of the molecule is CC(Cc1cc(=O)[nH]cn1)SCC(=O)N1CCN(c2ncc(C(F)(F)F)cc2Cl)CC1. The highest BCUT2D eigenvalue weighted by Gasteiger charge is 2.32. The highest BCUT2D eigenvalue weighted by Crippen LogP contribution is 2.33. The zero-order valence-corrected chi connectivity index (χ0v) is 18.2. The standard InChI is InChI=1S/C19H21ClF3N5O2S/c1-12(6-14-8-16(29)26-11-25-14)31-10-17(30)27-2-4-28(5-3-27)18-15(20)7-13(9-24-18)19(21,22)23/h7-9,11-12H,2-6,10H2,1H3,(H,25,26,29). The van der Waals surface area contributed by atoms with Crippen molar-refractivity contribution in [2.24, 2.45) is 0 Å². The first kappa shape index (κ1) is 23.4. The van der Waals surface area contributed by atoms with Crippen LogP contribution < -0.4 is 10.5 Å². The van der Waals surface area contributed by atoms with Gasteiger partial charge in [0.15, 0.2) is 0 Å².